The summed E-state index contributed by atoms with van der Waals surface area (Å²) < 4.78 is 6.34. The van der Waals surface area contributed by atoms with E-state index in [1.165, 1.54) is 37.0 Å². The molecule has 0 aliphatic carbocycles. The normalized spacial score (nSPS) is 21.0. The van der Waals surface area contributed by atoms with Crippen molar-refractivity contribution in [1.29, 1.82) is 0 Å². The number of rotatable bonds is 6. The van der Waals surface area contributed by atoms with Gasteiger partial charge in [-0.05, 0) is 31.0 Å². The average molecular weight is 369 g/mol. The van der Waals surface area contributed by atoms with Crippen molar-refractivity contribution >= 4 is 17.3 Å². The molecular weight excluding hydrogens is 344 g/mol. The maximum Gasteiger partial charge on any atom is 0.213 e. The third-order valence-corrected chi connectivity index (χ3v) is 5.49. The summed E-state index contributed by atoms with van der Waals surface area (Å²) in [5, 5.41) is 7.87. The second kappa shape index (κ2) is 7.71. The molecule has 0 saturated carbocycles. The van der Waals surface area contributed by atoms with Crippen LogP contribution in [0.5, 0.6) is 5.75 Å². The fourth-order valence-corrected chi connectivity index (χ4v) is 3.98. The lowest BCUT2D eigenvalue weighted by Gasteiger charge is -2.38. The summed E-state index contributed by atoms with van der Waals surface area (Å²) in [7, 11) is 0. The number of halogens is 1. The molecular formula is C22H25ClN2O. The molecule has 0 spiro atoms. The molecule has 2 atom stereocenters. The van der Waals surface area contributed by atoms with Crippen molar-refractivity contribution in [1.82, 2.24) is 5.01 Å². The number of hydrazone groups is 1. The lowest BCUT2D eigenvalue weighted by Crippen LogP contribution is -2.33. The molecule has 136 valence electrons. The van der Waals surface area contributed by atoms with E-state index in [1.54, 1.807) is 0 Å². The highest BCUT2D eigenvalue weighted by atomic mass is 35.5. The number of unbranched alkanes of at least 4 members (excludes halogenated alkanes) is 3. The summed E-state index contributed by atoms with van der Waals surface area (Å²) in [5.74, 6) is 0.969. The minimum absolute atomic E-state index is 0.194. The topological polar surface area (TPSA) is 24.8 Å². The van der Waals surface area contributed by atoms with E-state index < -0.39 is 0 Å². The predicted octanol–water partition coefficient (Wildman–Crippen LogP) is 6.50. The van der Waals surface area contributed by atoms with Crippen LogP contribution in [0.25, 0.3) is 0 Å². The number of fused-ring (bicyclic) bond motifs is 3. The summed E-state index contributed by atoms with van der Waals surface area (Å²) in [6, 6.07) is 16.5. The van der Waals surface area contributed by atoms with Gasteiger partial charge >= 0.3 is 0 Å². The van der Waals surface area contributed by atoms with Crippen LogP contribution in [0.3, 0.4) is 0 Å². The quantitative estimate of drug-likeness (QED) is 0.543. The molecule has 0 bridgehead atoms. The van der Waals surface area contributed by atoms with Gasteiger partial charge in [0.1, 0.15) is 5.75 Å². The fraction of sp³-hybridized carbons (Fsp3) is 0.409. The van der Waals surface area contributed by atoms with E-state index in [4.69, 9.17) is 21.4 Å². The third kappa shape index (κ3) is 3.45. The Balaban J connectivity index is 1.60. The molecule has 0 radical (unpaired) electrons. The number of benzene rings is 2. The molecule has 3 nitrogen and oxygen atoms in total. The first-order valence-corrected chi connectivity index (χ1v) is 10.00. The smallest absolute Gasteiger partial charge is 0.213 e. The van der Waals surface area contributed by atoms with Crippen LogP contribution >= 0.6 is 11.6 Å². The molecule has 2 aliphatic heterocycles. The predicted molar refractivity (Wildman–Crippen MR) is 107 cm³/mol. The van der Waals surface area contributed by atoms with E-state index in [0.717, 1.165) is 29.2 Å². The van der Waals surface area contributed by atoms with Crippen molar-refractivity contribution < 1.29 is 4.74 Å². The van der Waals surface area contributed by atoms with Crippen LogP contribution in [0.2, 0.25) is 5.02 Å². The summed E-state index contributed by atoms with van der Waals surface area (Å²) in [6.45, 7) is 2.25. The van der Waals surface area contributed by atoms with E-state index in [0.29, 0.717) is 0 Å². The maximum absolute atomic E-state index is 6.34. The van der Waals surface area contributed by atoms with Gasteiger partial charge in [-0.15, -0.1) is 0 Å². The molecule has 4 rings (SSSR count). The first-order valence-electron chi connectivity index (χ1n) is 9.62. The van der Waals surface area contributed by atoms with Crippen LogP contribution in [-0.2, 0) is 0 Å². The van der Waals surface area contributed by atoms with Crippen LogP contribution in [0.4, 0.5) is 0 Å². The molecule has 2 heterocycles. The molecule has 0 N–H and O–H groups in total. The number of para-hydroxylation sites is 1. The van der Waals surface area contributed by atoms with Crippen molar-refractivity contribution in [2.75, 3.05) is 0 Å². The zero-order valence-corrected chi connectivity index (χ0v) is 16.0. The van der Waals surface area contributed by atoms with Gasteiger partial charge in [0.2, 0.25) is 6.23 Å². The third-order valence-electron chi connectivity index (χ3n) is 5.24. The second-order valence-corrected chi connectivity index (χ2v) is 7.57. The highest BCUT2D eigenvalue weighted by Crippen LogP contribution is 2.47. The summed E-state index contributed by atoms with van der Waals surface area (Å²) in [6.07, 6.45) is 6.97. The molecule has 0 amide bonds. The van der Waals surface area contributed by atoms with Crippen LogP contribution in [0.15, 0.2) is 53.6 Å². The molecule has 0 saturated heterocycles. The van der Waals surface area contributed by atoms with Crippen molar-refractivity contribution in [2.24, 2.45) is 5.10 Å². The lowest BCUT2D eigenvalue weighted by molar-refractivity contribution is -0.0190. The van der Waals surface area contributed by atoms with Gasteiger partial charge in [-0.3, -0.25) is 0 Å². The highest BCUT2D eigenvalue weighted by molar-refractivity contribution is 6.30. The summed E-state index contributed by atoms with van der Waals surface area (Å²) >= 11 is 6.07. The van der Waals surface area contributed by atoms with Gasteiger partial charge in [-0.25, -0.2) is 5.01 Å². The van der Waals surface area contributed by atoms with Crippen molar-refractivity contribution in [3.8, 4) is 5.75 Å². The molecule has 0 unspecified atom stereocenters. The number of hydrogen-bond acceptors (Lipinski definition) is 3. The van der Waals surface area contributed by atoms with Crippen molar-refractivity contribution in [2.45, 2.75) is 57.7 Å². The number of hydrogen-bond donors (Lipinski definition) is 0. The van der Waals surface area contributed by atoms with Gasteiger partial charge in [0.15, 0.2) is 0 Å². The van der Waals surface area contributed by atoms with Crippen molar-refractivity contribution in [3.63, 3.8) is 0 Å². The maximum atomic E-state index is 6.34. The number of ether oxygens (including phenoxy) is 1. The van der Waals surface area contributed by atoms with Gasteiger partial charge < -0.3 is 4.74 Å². The molecule has 0 fully saturated rings. The highest BCUT2D eigenvalue weighted by Gasteiger charge is 2.40. The van der Waals surface area contributed by atoms with Gasteiger partial charge in [-0.2, -0.15) is 5.10 Å². The minimum Gasteiger partial charge on any atom is -0.464 e. The zero-order valence-electron chi connectivity index (χ0n) is 15.2. The van der Waals surface area contributed by atoms with Crippen molar-refractivity contribution in [3.05, 3.63) is 64.7 Å². The minimum atomic E-state index is -0.194. The fourth-order valence-electron chi connectivity index (χ4n) is 3.85. The Kier molecular flexibility index (Phi) is 5.16. The molecule has 0 aromatic heterocycles. The van der Waals surface area contributed by atoms with Gasteiger partial charge in [-0.1, -0.05) is 68.1 Å². The van der Waals surface area contributed by atoms with Crippen LogP contribution in [0, 0.1) is 0 Å². The Morgan fingerprint density at radius 1 is 1.08 bits per heavy atom. The molecule has 2 aromatic carbocycles. The average Bonchev–Trinajstić information content (AvgIpc) is 3.10. The first-order chi connectivity index (χ1) is 12.8. The van der Waals surface area contributed by atoms with Gasteiger partial charge in [0.05, 0.1) is 6.04 Å². The monoisotopic (exact) mass is 368 g/mol. The number of nitrogens with zero attached hydrogens (tertiary/aromatic N) is 2. The van der Waals surface area contributed by atoms with Gasteiger partial charge in [0, 0.05) is 28.3 Å². The van der Waals surface area contributed by atoms with E-state index in [2.05, 4.69) is 30.1 Å². The van der Waals surface area contributed by atoms with E-state index in [-0.39, 0.29) is 12.3 Å². The van der Waals surface area contributed by atoms with E-state index >= 15 is 0 Å². The summed E-state index contributed by atoms with van der Waals surface area (Å²) in [5.41, 5.74) is 3.63. The molecule has 26 heavy (non-hydrogen) atoms. The molecule has 2 aliphatic rings. The van der Waals surface area contributed by atoms with Crippen LogP contribution < -0.4 is 4.74 Å². The Hall–Kier alpha value is -2.00. The first kappa shape index (κ1) is 17.4. The second-order valence-electron chi connectivity index (χ2n) is 7.14. The Labute approximate surface area is 160 Å². The van der Waals surface area contributed by atoms with Crippen LogP contribution in [-0.4, -0.2) is 10.7 Å². The zero-order chi connectivity index (χ0) is 17.9. The lowest BCUT2D eigenvalue weighted by atomic mass is 9.96. The SMILES string of the molecule is CCCCCCC1=NN2[C@@H](c3ccc(Cl)cc3)Oc3ccccc3[C@@H]2C1. The summed E-state index contributed by atoms with van der Waals surface area (Å²) in [4.78, 5) is 0. The van der Waals surface area contributed by atoms with E-state index in [1.807, 2.05) is 30.3 Å². The Morgan fingerprint density at radius 2 is 1.88 bits per heavy atom. The Bertz CT molecular complexity index is 787. The van der Waals surface area contributed by atoms with Gasteiger partial charge in [0.25, 0.3) is 0 Å². The largest absolute Gasteiger partial charge is 0.464 e. The van der Waals surface area contributed by atoms with E-state index in [9.17, 15) is 0 Å². The molecule has 4 heteroatoms. The van der Waals surface area contributed by atoms with Crippen LogP contribution in [0.1, 0.15) is 68.8 Å². The molecule has 2 aromatic rings. The Morgan fingerprint density at radius 3 is 2.69 bits per heavy atom. The standard InChI is InChI=1S/C22H25ClN2O/c1-2-3-4-5-8-18-15-20-19-9-6-7-10-21(19)26-22(25(20)24-18)16-11-13-17(23)14-12-16/h6-7,9-14,20,22H,2-5,8,15H2,1H3/t20-,22+/m0/s1.